The molecule has 1 saturated heterocycles. The predicted molar refractivity (Wildman–Crippen MR) is 188 cm³/mol. The van der Waals surface area contributed by atoms with Crippen molar-refractivity contribution in [3.63, 3.8) is 0 Å². The average Bonchev–Trinajstić information content (AvgIpc) is 3.85. The number of piperidine rings is 1. The number of urea groups is 1. The van der Waals surface area contributed by atoms with Gasteiger partial charge in [0.15, 0.2) is 23.0 Å². The van der Waals surface area contributed by atoms with Crippen molar-refractivity contribution in [3.8, 4) is 23.0 Å². The molecule has 2 atom stereocenters. The number of aromatic amines is 3. The molecule has 6 heterocycles. The number of benzene rings is 2. The van der Waals surface area contributed by atoms with E-state index < -0.39 is 11.9 Å². The normalized spacial score (nSPS) is 20.9. The average molecular weight is 704 g/mol. The van der Waals surface area contributed by atoms with E-state index in [-0.39, 0.29) is 81.9 Å². The zero-order valence-corrected chi connectivity index (χ0v) is 28.4. The number of carbonyl (C=O) groups excluding carboxylic acids is 4. The van der Waals surface area contributed by atoms with Gasteiger partial charge in [-0.2, -0.15) is 0 Å². The van der Waals surface area contributed by atoms with Crippen molar-refractivity contribution in [3.05, 3.63) is 69.4 Å². The Morgan fingerprint density at radius 3 is 2.02 bits per heavy atom. The van der Waals surface area contributed by atoms with Crippen LogP contribution in [-0.2, 0) is 18.3 Å². The fourth-order valence-electron chi connectivity index (χ4n) is 9.58. The van der Waals surface area contributed by atoms with Crippen molar-refractivity contribution in [1.82, 2.24) is 19.9 Å². The molecule has 2 fully saturated rings. The Kier molecular flexibility index (Phi) is 5.79. The summed E-state index contributed by atoms with van der Waals surface area (Å²) in [5.41, 5.74) is 11.6. The van der Waals surface area contributed by atoms with Crippen molar-refractivity contribution in [1.29, 1.82) is 0 Å². The summed E-state index contributed by atoms with van der Waals surface area (Å²) in [5.74, 6) is -1.04. The van der Waals surface area contributed by atoms with Crippen LogP contribution in [0.5, 0.6) is 23.0 Å². The van der Waals surface area contributed by atoms with E-state index in [1.807, 2.05) is 13.1 Å². The number of aromatic nitrogens is 3. The SMILES string of the molecule is COc1c(O)c2c(c3cc(C(=O)N4CCc5c4c(O)c(OC)c4[nH]c(C(=O)N6C[C@@H]7C[C@]78C6=CC(=O)c6[nH]cc(C)c68)cc54)[nH]c13)CCN2C(N)=O. The number of nitrogens with one attached hydrogen (secondary N) is 3. The van der Waals surface area contributed by atoms with Gasteiger partial charge in [0.2, 0.25) is 5.78 Å². The maximum atomic E-state index is 14.2. The number of anilines is 2. The van der Waals surface area contributed by atoms with Gasteiger partial charge in [-0.05, 0) is 66.5 Å². The molecule has 1 spiro atoms. The van der Waals surface area contributed by atoms with Crippen molar-refractivity contribution in [2.75, 3.05) is 43.7 Å². The molecule has 3 aliphatic heterocycles. The minimum absolute atomic E-state index is 0.0665. The molecular formula is C37H33N7O8. The lowest BCUT2D eigenvalue weighted by Gasteiger charge is -2.28. The molecule has 5 aromatic rings. The van der Waals surface area contributed by atoms with E-state index in [1.165, 1.54) is 24.0 Å². The number of hydrogen-bond acceptors (Lipinski definition) is 8. The second kappa shape index (κ2) is 9.90. The lowest BCUT2D eigenvalue weighted by atomic mass is 9.83. The van der Waals surface area contributed by atoms with Gasteiger partial charge in [0, 0.05) is 53.8 Å². The third kappa shape index (κ3) is 3.54. The van der Waals surface area contributed by atoms with Crippen LogP contribution in [-0.4, -0.2) is 87.5 Å². The van der Waals surface area contributed by atoms with Gasteiger partial charge in [-0.25, -0.2) is 4.79 Å². The number of ketones is 1. The number of allylic oxidation sites excluding steroid dienone is 2. The molecule has 4 amide bonds. The zero-order chi connectivity index (χ0) is 36.1. The van der Waals surface area contributed by atoms with Crippen LogP contribution in [0.2, 0.25) is 0 Å². The Morgan fingerprint density at radius 2 is 1.44 bits per heavy atom. The van der Waals surface area contributed by atoms with Gasteiger partial charge in [-0.15, -0.1) is 0 Å². The van der Waals surface area contributed by atoms with E-state index in [0.717, 1.165) is 23.2 Å². The Hall–Kier alpha value is -6.38. The van der Waals surface area contributed by atoms with E-state index in [9.17, 15) is 29.4 Å². The summed E-state index contributed by atoms with van der Waals surface area (Å²) in [4.78, 5) is 67.5. The van der Waals surface area contributed by atoms with Crippen LogP contribution in [0.1, 0.15) is 60.1 Å². The number of H-pyrrole nitrogens is 3. The first-order chi connectivity index (χ1) is 25.0. The highest BCUT2D eigenvalue weighted by molar-refractivity contribution is 6.15. The number of aryl methyl sites for hydroxylation is 1. The second-order valence-electron chi connectivity index (χ2n) is 14.2. The molecule has 0 unspecified atom stereocenters. The Balaban J connectivity index is 1.03. The predicted octanol–water partition coefficient (Wildman–Crippen LogP) is 3.85. The molecule has 3 aromatic heterocycles. The number of ether oxygens (including phenoxy) is 2. The van der Waals surface area contributed by atoms with Gasteiger partial charge < -0.3 is 50.2 Å². The summed E-state index contributed by atoms with van der Waals surface area (Å²) in [6.07, 6.45) is 5.12. The number of nitrogens with two attached hydrogens (primary N) is 1. The maximum Gasteiger partial charge on any atom is 0.319 e. The highest BCUT2D eigenvalue weighted by atomic mass is 16.5. The number of carbonyl (C=O) groups is 4. The van der Waals surface area contributed by atoms with Gasteiger partial charge in [-0.3, -0.25) is 19.3 Å². The summed E-state index contributed by atoms with van der Waals surface area (Å²) >= 11 is 0. The molecule has 10 rings (SSSR count). The quantitative estimate of drug-likeness (QED) is 0.162. The maximum absolute atomic E-state index is 14.2. The molecule has 52 heavy (non-hydrogen) atoms. The first-order valence-electron chi connectivity index (χ1n) is 17.0. The van der Waals surface area contributed by atoms with E-state index in [2.05, 4.69) is 15.0 Å². The number of phenols is 2. The van der Waals surface area contributed by atoms with E-state index >= 15 is 0 Å². The topological polar surface area (TPSA) is 210 Å². The van der Waals surface area contributed by atoms with Crippen molar-refractivity contribution >= 4 is 56.8 Å². The molecule has 15 heteroatoms. The molecule has 0 bridgehead atoms. The highest BCUT2D eigenvalue weighted by Gasteiger charge is 2.68. The summed E-state index contributed by atoms with van der Waals surface area (Å²) < 4.78 is 11.2. The molecule has 1 saturated carbocycles. The number of fused-ring (bicyclic) bond motifs is 7. The standard InChI is InChI=1S/C37H33N7O8/c1-14-12-39-27-22(45)10-23-37(24(14)27)11-15(37)13-44(23)35(49)21-9-18-16-4-6-42(28(16)30(46)32(51-2)25(18)41-21)34(48)20-8-19-17-5-7-43(36(38)50)29(17)31(47)33(52-3)26(19)40-20/h8-10,12,15,39-41,46-47H,4-7,11,13H2,1-3H3,(H2,38,50)/t15-,37+/m0/s1. The number of primary amides is 1. The molecule has 2 aromatic carbocycles. The summed E-state index contributed by atoms with van der Waals surface area (Å²) in [7, 11) is 2.79. The van der Waals surface area contributed by atoms with Crippen LogP contribution in [0.25, 0.3) is 21.8 Å². The summed E-state index contributed by atoms with van der Waals surface area (Å²) in [6.45, 7) is 2.96. The van der Waals surface area contributed by atoms with Gasteiger partial charge in [-0.1, -0.05) is 0 Å². The lowest BCUT2D eigenvalue weighted by molar-refractivity contribution is 0.0806. The fraction of sp³-hybridized carbons (Fsp3) is 0.297. The van der Waals surface area contributed by atoms with Gasteiger partial charge >= 0.3 is 6.03 Å². The lowest BCUT2D eigenvalue weighted by Crippen LogP contribution is -2.34. The monoisotopic (exact) mass is 703 g/mol. The minimum Gasteiger partial charge on any atom is -0.503 e. The zero-order valence-electron chi connectivity index (χ0n) is 28.4. The molecule has 7 N–H and O–H groups in total. The second-order valence-corrected chi connectivity index (χ2v) is 14.2. The first kappa shape index (κ1) is 30.4. The molecule has 5 aliphatic rings. The van der Waals surface area contributed by atoms with E-state index in [4.69, 9.17) is 15.2 Å². The van der Waals surface area contributed by atoms with Crippen LogP contribution in [0.15, 0.2) is 30.1 Å². The largest absolute Gasteiger partial charge is 0.503 e. The van der Waals surface area contributed by atoms with Gasteiger partial charge in [0.1, 0.15) is 11.4 Å². The van der Waals surface area contributed by atoms with Crippen LogP contribution >= 0.6 is 0 Å². The molecule has 2 aliphatic carbocycles. The number of aromatic hydroxyl groups is 2. The number of likely N-dealkylation sites (tertiary alicyclic amines) is 1. The number of rotatable bonds is 4. The number of nitrogens with zero attached hydrogens (tertiary/aromatic N) is 3. The van der Waals surface area contributed by atoms with Crippen LogP contribution < -0.4 is 25.0 Å². The number of hydrogen-bond donors (Lipinski definition) is 6. The highest BCUT2D eigenvalue weighted by Crippen LogP contribution is 2.67. The van der Waals surface area contributed by atoms with Gasteiger partial charge in [0.05, 0.1) is 42.3 Å². The Morgan fingerprint density at radius 1 is 0.885 bits per heavy atom. The summed E-state index contributed by atoms with van der Waals surface area (Å²) in [6, 6.07) is 2.66. The van der Waals surface area contributed by atoms with Crippen LogP contribution in [0.3, 0.4) is 0 Å². The van der Waals surface area contributed by atoms with Crippen molar-refractivity contribution < 1.29 is 38.9 Å². The van der Waals surface area contributed by atoms with E-state index in [0.29, 0.717) is 58.0 Å². The Labute approximate surface area is 294 Å². The van der Waals surface area contributed by atoms with Gasteiger partial charge in [0.25, 0.3) is 11.8 Å². The van der Waals surface area contributed by atoms with Crippen molar-refractivity contribution in [2.24, 2.45) is 11.7 Å². The number of methoxy groups -OCH3 is 2. The summed E-state index contributed by atoms with van der Waals surface area (Å²) in [5, 5.41) is 23.9. The number of phenolic OH excluding ortho intramolecular Hbond substituents is 2. The molecule has 15 nitrogen and oxygen atoms in total. The number of amides is 4. The third-order valence-electron chi connectivity index (χ3n) is 11.8. The minimum atomic E-state index is -0.714. The third-order valence-corrected chi connectivity index (χ3v) is 11.8. The van der Waals surface area contributed by atoms with E-state index in [1.54, 1.807) is 23.1 Å². The van der Waals surface area contributed by atoms with Crippen LogP contribution in [0.4, 0.5) is 16.2 Å². The molecule has 264 valence electrons. The van der Waals surface area contributed by atoms with Crippen LogP contribution in [0, 0.1) is 12.8 Å². The molecular weight excluding hydrogens is 670 g/mol. The smallest absolute Gasteiger partial charge is 0.319 e. The Bertz CT molecular complexity index is 2570. The first-order valence-corrected chi connectivity index (χ1v) is 17.0. The fourth-order valence-corrected chi connectivity index (χ4v) is 9.58. The van der Waals surface area contributed by atoms with Crippen molar-refractivity contribution in [2.45, 2.75) is 31.6 Å². The molecule has 0 radical (unpaired) electrons.